The molecule has 3 nitrogen and oxygen atoms in total. The van der Waals surface area contributed by atoms with Crippen molar-refractivity contribution >= 4 is 17.4 Å². The number of halogens is 1. The maximum absolute atomic E-state index is 11.7. The monoisotopic (exact) mass is 290 g/mol. The Morgan fingerprint density at radius 3 is 2.45 bits per heavy atom. The largest absolute Gasteiger partial charge is 0.496 e. The summed E-state index contributed by atoms with van der Waals surface area (Å²) in [6.45, 7) is 1.79. The molecule has 0 unspecified atom stereocenters. The molecule has 0 heterocycles. The van der Waals surface area contributed by atoms with Crippen LogP contribution in [0.2, 0.25) is 5.02 Å². The van der Waals surface area contributed by atoms with E-state index in [9.17, 15) is 4.79 Å². The van der Waals surface area contributed by atoms with Crippen molar-refractivity contribution in [1.82, 2.24) is 0 Å². The van der Waals surface area contributed by atoms with E-state index in [-0.39, 0.29) is 5.78 Å². The summed E-state index contributed by atoms with van der Waals surface area (Å²) in [4.78, 5) is 11.7. The highest BCUT2D eigenvalue weighted by atomic mass is 35.5. The number of hydrogen-bond donors (Lipinski definition) is 0. The van der Waals surface area contributed by atoms with Crippen LogP contribution in [0, 0.1) is 0 Å². The molecule has 0 bridgehead atoms. The van der Waals surface area contributed by atoms with Gasteiger partial charge in [-0.05, 0) is 25.1 Å². The van der Waals surface area contributed by atoms with Gasteiger partial charge in [0.15, 0.2) is 5.78 Å². The molecule has 0 spiro atoms. The second-order valence-electron chi connectivity index (χ2n) is 4.27. The summed E-state index contributed by atoms with van der Waals surface area (Å²) in [6, 6.07) is 12.7. The Kier molecular flexibility index (Phi) is 4.64. The van der Waals surface area contributed by atoms with Crippen LogP contribution in [0.15, 0.2) is 42.5 Å². The lowest BCUT2D eigenvalue weighted by Gasteiger charge is -2.13. The predicted octanol–water partition coefficient (Wildman–Crippen LogP) is 4.13. The normalized spacial score (nSPS) is 10.2. The molecule has 0 N–H and O–H groups in total. The molecule has 2 aromatic carbocycles. The Morgan fingerprint density at radius 1 is 1.10 bits per heavy atom. The van der Waals surface area contributed by atoms with Gasteiger partial charge in [0.1, 0.15) is 23.7 Å². The van der Waals surface area contributed by atoms with Crippen molar-refractivity contribution < 1.29 is 14.3 Å². The van der Waals surface area contributed by atoms with Crippen molar-refractivity contribution in [2.75, 3.05) is 7.11 Å². The van der Waals surface area contributed by atoms with E-state index in [0.717, 1.165) is 5.56 Å². The van der Waals surface area contributed by atoms with Gasteiger partial charge in [-0.25, -0.2) is 0 Å². The number of carbonyl (C=O) groups is 1. The first-order valence-electron chi connectivity index (χ1n) is 6.17. The summed E-state index contributed by atoms with van der Waals surface area (Å²) in [5.74, 6) is 0.905. The summed E-state index contributed by atoms with van der Waals surface area (Å²) in [5, 5.41) is 0.639. The smallest absolute Gasteiger partial charge is 0.167 e. The second kappa shape index (κ2) is 6.44. The SMILES string of the molecule is COc1cccc(OCc2ccccc2Cl)c1C(C)=O. The van der Waals surface area contributed by atoms with Crippen LogP contribution in [-0.4, -0.2) is 12.9 Å². The Morgan fingerprint density at radius 2 is 1.80 bits per heavy atom. The minimum atomic E-state index is -0.100. The average Bonchev–Trinajstić information content (AvgIpc) is 2.45. The third-order valence-corrected chi connectivity index (χ3v) is 3.27. The number of carbonyl (C=O) groups excluding carboxylic acids is 1. The number of hydrogen-bond acceptors (Lipinski definition) is 3. The fourth-order valence-corrected chi connectivity index (χ4v) is 2.11. The molecule has 0 aliphatic heterocycles. The molecule has 0 fully saturated rings. The molecule has 4 heteroatoms. The summed E-state index contributed by atoms with van der Waals surface area (Å²) in [6.07, 6.45) is 0. The van der Waals surface area contributed by atoms with Crippen molar-refractivity contribution in [2.24, 2.45) is 0 Å². The molecule has 0 radical (unpaired) electrons. The zero-order valence-electron chi connectivity index (χ0n) is 11.4. The van der Waals surface area contributed by atoms with E-state index in [1.54, 1.807) is 24.3 Å². The van der Waals surface area contributed by atoms with Gasteiger partial charge in [-0.1, -0.05) is 35.9 Å². The first kappa shape index (κ1) is 14.4. The molecule has 0 saturated carbocycles. The average molecular weight is 291 g/mol. The minimum absolute atomic E-state index is 0.100. The highest BCUT2D eigenvalue weighted by molar-refractivity contribution is 6.31. The van der Waals surface area contributed by atoms with Crippen LogP contribution in [0.3, 0.4) is 0 Å². The fourth-order valence-electron chi connectivity index (χ4n) is 1.92. The van der Waals surface area contributed by atoms with Gasteiger partial charge < -0.3 is 9.47 Å². The van der Waals surface area contributed by atoms with Crippen LogP contribution < -0.4 is 9.47 Å². The molecule has 0 saturated heterocycles. The van der Waals surface area contributed by atoms with Gasteiger partial charge in [0.2, 0.25) is 0 Å². The molecule has 2 rings (SSSR count). The Hall–Kier alpha value is -2.00. The quantitative estimate of drug-likeness (QED) is 0.777. The molecule has 0 amide bonds. The Labute approximate surface area is 123 Å². The molecule has 0 aliphatic rings. The fraction of sp³-hybridized carbons (Fsp3) is 0.188. The van der Waals surface area contributed by atoms with Crippen LogP contribution >= 0.6 is 11.6 Å². The summed E-state index contributed by atoms with van der Waals surface area (Å²) in [5.41, 5.74) is 1.31. The minimum Gasteiger partial charge on any atom is -0.496 e. The van der Waals surface area contributed by atoms with Crippen molar-refractivity contribution in [3.05, 3.63) is 58.6 Å². The maximum Gasteiger partial charge on any atom is 0.167 e. The molecule has 0 aromatic heterocycles. The number of methoxy groups -OCH3 is 1. The molecular weight excluding hydrogens is 276 g/mol. The van der Waals surface area contributed by atoms with E-state index >= 15 is 0 Å². The molecular formula is C16H15ClO3. The van der Waals surface area contributed by atoms with Gasteiger partial charge in [0, 0.05) is 10.6 Å². The first-order chi connectivity index (χ1) is 9.63. The van der Waals surface area contributed by atoms with Crippen LogP contribution in [0.25, 0.3) is 0 Å². The summed E-state index contributed by atoms with van der Waals surface area (Å²) >= 11 is 6.08. The van der Waals surface area contributed by atoms with Gasteiger partial charge in [0.05, 0.1) is 7.11 Å². The number of ketones is 1. The number of ether oxygens (including phenoxy) is 2. The summed E-state index contributed by atoms with van der Waals surface area (Å²) in [7, 11) is 1.53. The van der Waals surface area contributed by atoms with Gasteiger partial charge in [-0.2, -0.15) is 0 Å². The van der Waals surface area contributed by atoms with Gasteiger partial charge in [0.25, 0.3) is 0 Å². The Bertz CT molecular complexity index is 623. The van der Waals surface area contributed by atoms with Crippen LogP contribution in [0.4, 0.5) is 0 Å². The lowest BCUT2D eigenvalue weighted by Crippen LogP contribution is -2.04. The zero-order valence-corrected chi connectivity index (χ0v) is 12.1. The lowest BCUT2D eigenvalue weighted by molar-refractivity contribution is 0.101. The van der Waals surface area contributed by atoms with E-state index < -0.39 is 0 Å². The van der Waals surface area contributed by atoms with Gasteiger partial charge >= 0.3 is 0 Å². The molecule has 104 valence electrons. The topological polar surface area (TPSA) is 35.5 Å². The molecule has 2 aromatic rings. The lowest BCUT2D eigenvalue weighted by atomic mass is 10.1. The summed E-state index contributed by atoms with van der Waals surface area (Å²) < 4.78 is 10.9. The van der Waals surface area contributed by atoms with E-state index in [4.69, 9.17) is 21.1 Å². The van der Waals surface area contributed by atoms with E-state index in [1.165, 1.54) is 14.0 Å². The highest BCUT2D eigenvalue weighted by Gasteiger charge is 2.15. The van der Waals surface area contributed by atoms with Crippen molar-refractivity contribution in [3.63, 3.8) is 0 Å². The highest BCUT2D eigenvalue weighted by Crippen LogP contribution is 2.30. The molecule has 20 heavy (non-hydrogen) atoms. The van der Waals surface area contributed by atoms with Crippen LogP contribution in [0.5, 0.6) is 11.5 Å². The third kappa shape index (κ3) is 3.11. The predicted molar refractivity (Wildman–Crippen MR) is 78.8 cm³/mol. The number of benzene rings is 2. The molecule has 0 atom stereocenters. The van der Waals surface area contributed by atoms with Gasteiger partial charge in [-0.15, -0.1) is 0 Å². The van der Waals surface area contributed by atoms with Gasteiger partial charge in [-0.3, -0.25) is 4.79 Å². The van der Waals surface area contributed by atoms with E-state index in [0.29, 0.717) is 28.7 Å². The zero-order chi connectivity index (χ0) is 14.5. The standard InChI is InChI=1S/C16H15ClO3/c1-11(18)16-14(19-2)8-5-9-15(16)20-10-12-6-3-4-7-13(12)17/h3-9H,10H2,1-2H3. The Balaban J connectivity index is 2.26. The van der Waals surface area contributed by atoms with Crippen LogP contribution in [0.1, 0.15) is 22.8 Å². The van der Waals surface area contributed by atoms with E-state index in [1.807, 2.05) is 18.2 Å². The van der Waals surface area contributed by atoms with Crippen molar-refractivity contribution in [3.8, 4) is 11.5 Å². The van der Waals surface area contributed by atoms with Crippen molar-refractivity contribution in [2.45, 2.75) is 13.5 Å². The van der Waals surface area contributed by atoms with Crippen molar-refractivity contribution in [1.29, 1.82) is 0 Å². The molecule has 0 aliphatic carbocycles. The number of Topliss-reactive ketones (excluding diaryl/α,β-unsaturated/α-hetero) is 1. The first-order valence-corrected chi connectivity index (χ1v) is 6.55. The maximum atomic E-state index is 11.7. The third-order valence-electron chi connectivity index (χ3n) is 2.90. The van der Waals surface area contributed by atoms with E-state index in [2.05, 4.69) is 0 Å². The second-order valence-corrected chi connectivity index (χ2v) is 4.68. The number of rotatable bonds is 5. The van der Waals surface area contributed by atoms with Crippen LogP contribution in [-0.2, 0) is 6.61 Å².